The Hall–Kier alpha value is -1.10. The van der Waals surface area contributed by atoms with Crippen molar-refractivity contribution in [2.75, 3.05) is 0 Å². The second-order valence-corrected chi connectivity index (χ2v) is 8.22. The van der Waals surface area contributed by atoms with E-state index in [2.05, 4.69) is 11.0 Å². The molecule has 0 bridgehead atoms. The number of benzene rings is 1. The zero-order valence-corrected chi connectivity index (χ0v) is 14.4. The number of rotatable bonds is 3. The van der Waals surface area contributed by atoms with Crippen LogP contribution in [0.3, 0.4) is 0 Å². The maximum Gasteiger partial charge on any atom is 0.320 e. The minimum Gasteiger partial charge on any atom is -0.480 e. The molecule has 4 rings (SSSR count). The van der Waals surface area contributed by atoms with Crippen LogP contribution in [0.15, 0.2) is 24.3 Å². The molecule has 1 aromatic carbocycles. The highest BCUT2D eigenvalue weighted by atomic mass is 35.5. The van der Waals surface area contributed by atoms with E-state index in [1.807, 2.05) is 18.2 Å². The summed E-state index contributed by atoms with van der Waals surface area (Å²) in [5.41, 5.74) is 0. The first-order chi connectivity index (χ1) is 11.1. The van der Waals surface area contributed by atoms with Crippen molar-refractivity contribution in [1.29, 1.82) is 0 Å². The molecular weight excluding hydrogens is 330 g/mol. The first-order valence-electron chi connectivity index (χ1n) is 8.29. The van der Waals surface area contributed by atoms with E-state index in [4.69, 9.17) is 11.6 Å². The number of carbonyl (C=O) groups is 1. The van der Waals surface area contributed by atoms with Gasteiger partial charge in [0.2, 0.25) is 0 Å². The molecule has 0 radical (unpaired) electrons. The molecule has 2 heterocycles. The summed E-state index contributed by atoms with van der Waals surface area (Å²) < 4.78 is 1.18. The summed E-state index contributed by atoms with van der Waals surface area (Å²) >= 11 is 8.27. The minimum absolute atomic E-state index is 0.357. The molecule has 1 N–H and O–H groups in total. The smallest absolute Gasteiger partial charge is 0.320 e. The number of fused-ring (bicyclic) bond motifs is 2. The average Bonchev–Trinajstić information content (AvgIpc) is 3.08. The molecule has 1 saturated heterocycles. The zero-order chi connectivity index (χ0) is 16.0. The van der Waals surface area contributed by atoms with E-state index in [0.29, 0.717) is 18.5 Å². The van der Waals surface area contributed by atoms with Gasteiger partial charge >= 0.3 is 5.97 Å². The van der Waals surface area contributed by atoms with Crippen LogP contribution in [0.25, 0.3) is 10.1 Å². The van der Waals surface area contributed by atoms with Gasteiger partial charge in [-0.3, -0.25) is 9.69 Å². The van der Waals surface area contributed by atoms with E-state index in [1.165, 1.54) is 24.0 Å². The number of nitrogens with zero attached hydrogens (tertiary/aromatic N) is 1. The largest absolute Gasteiger partial charge is 0.480 e. The van der Waals surface area contributed by atoms with Crippen LogP contribution in [0.1, 0.15) is 37.0 Å². The number of carboxylic acids is 1. The molecule has 3 unspecified atom stereocenters. The first-order valence-corrected chi connectivity index (χ1v) is 9.49. The topological polar surface area (TPSA) is 40.5 Å². The molecule has 5 heteroatoms. The second-order valence-electron chi connectivity index (χ2n) is 6.71. The van der Waals surface area contributed by atoms with Crippen LogP contribution in [0.4, 0.5) is 0 Å². The Kier molecular flexibility index (Phi) is 4.08. The Morgan fingerprint density at radius 2 is 2.09 bits per heavy atom. The summed E-state index contributed by atoms with van der Waals surface area (Å²) in [4.78, 5) is 15.0. The predicted molar refractivity (Wildman–Crippen MR) is 94.2 cm³/mol. The van der Waals surface area contributed by atoms with Crippen molar-refractivity contribution in [2.24, 2.45) is 5.92 Å². The van der Waals surface area contributed by atoms with E-state index < -0.39 is 5.97 Å². The van der Waals surface area contributed by atoms with Gasteiger partial charge in [0.25, 0.3) is 0 Å². The van der Waals surface area contributed by atoms with Gasteiger partial charge in [-0.1, -0.05) is 42.6 Å². The molecular formula is C18H20ClNO2S. The van der Waals surface area contributed by atoms with Crippen molar-refractivity contribution < 1.29 is 9.90 Å². The van der Waals surface area contributed by atoms with Crippen molar-refractivity contribution in [1.82, 2.24) is 4.90 Å². The molecule has 23 heavy (non-hydrogen) atoms. The third-order valence-electron chi connectivity index (χ3n) is 5.43. The van der Waals surface area contributed by atoms with Gasteiger partial charge in [0.1, 0.15) is 6.04 Å². The van der Waals surface area contributed by atoms with Gasteiger partial charge < -0.3 is 5.11 Å². The molecule has 2 fully saturated rings. The SMILES string of the molecule is O=C(O)C1CC2CCCCC2N1Cc1sc2ccccc2c1Cl. The highest BCUT2D eigenvalue weighted by Gasteiger charge is 2.45. The Morgan fingerprint density at radius 3 is 2.87 bits per heavy atom. The average molecular weight is 350 g/mol. The Morgan fingerprint density at radius 1 is 1.30 bits per heavy atom. The number of carboxylic acid groups (broad SMARTS) is 1. The van der Waals surface area contributed by atoms with Gasteiger partial charge in [0, 0.05) is 27.5 Å². The quantitative estimate of drug-likeness (QED) is 0.867. The molecule has 1 saturated carbocycles. The van der Waals surface area contributed by atoms with Gasteiger partial charge in [-0.05, 0) is 31.2 Å². The minimum atomic E-state index is -0.684. The van der Waals surface area contributed by atoms with E-state index in [-0.39, 0.29) is 6.04 Å². The van der Waals surface area contributed by atoms with E-state index in [9.17, 15) is 9.90 Å². The normalized spacial score (nSPS) is 28.1. The maximum atomic E-state index is 11.7. The highest BCUT2D eigenvalue weighted by molar-refractivity contribution is 7.19. The molecule has 1 aliphatic carbocycles. The van der Waals surface area contributed by atoms with Crippen molar-refractivity contribution >= 4 is 39.0 Å². The lowest BCUT2D eigenvalue weighted by molar-refractivity contribution is -0.142. The number of hydrogen-bond donors (Lipinski definition) is 1. The fraction of sp³-hybridized carbons (Fsp3) is 0.500. The molecule has 2 aliphatic rings. The monoisotopic (exact) mass is 349 g/mol. The van der Waals surface area contributed by atoms with E-state index in [0.717, 1.165) is 28.1 Å². The third-order valence-corrected chi connectivity index (χ3v) is 7.13. The van der Waals surface area contributed by atoms with Crippen molar-refractivity contribution in [3.63, 3.8) is 0 Å². The van der Waals surface area contributed by atoms with Gasteiger partial charge in [0.15, 0.2) is 0 Å². The van der Waals surface area contributed by atoms with Crippen molar-refractivity contribution in [3.8, 4) is 0 Å². The van der Waals surface area contributed by atoms with Crippen LogP contribution in [0, 0.1) is 5.92 Å². The fourth-order valence-corrected chi connectivity index (χ4v) is 5.86. The van der Waals surface area contributed by atoms with Crippen LogP contribution in [-0.2, 0) is 11.3 Å². The number of aliphatic carboxylic acids is 1. The van der Waals surface area contributed by atoms with E-state index in [1.54, 1.807) is 11.3 Å². The summed E-state index contributed by atoms with van der Waals surface area (Å²) in [6, 6.07) is 8.19. The number of halogens is 1. The Balaban J connectivity index is 1.66. The fourth-order valence-electron chi connectivity index (χ4n) is 4.36. The second kappa shape index (κ2) is 6.08. The number of likely N-dealkylation sites (tertiary alicyclic amines) is 1. The Labute approximate surface area is 144 Å². The van der Waals surface area contributed by atoms with Crippen LogP contribution >= 0.6 is 22.9 Å². The van der Waals surface area contributed by atoms with Gasteiger partial charge in [-0.25, -0.2) is 0 Å². The molecule has 1 aromatic heterocycles. The molecule has 1 aliphatic heterocycles. The van der Waals surface area contributed by atoms with Gasteiger partial charge in [-0.2, -0.15) is 0 Å². The van der Waals surface area contributed by atoms with Crippen LogP contribution in [0.5, 0.6) is 0 Å². The number of thiophene rings is 1. The Bertz CT molecular complexity index is 744. The summed E-state index contributed by atoms with van der Waals surface area (Å²) in [6.45, 7) is 0.663. The standard InChI is InChI=1S/C18H20ClNO2S/c19-17-12-6-2-4-8-15(12)23-16(17)10-20-13-7-3-1-5-11(13)9-14(20)18(21)22/h2,4,6,8,11,13-14H,1,3,5,7,9-10H2,(H,21,22). The van der Waals surface area contributed by atoms with Gasteiger partial charge in [0.05, 0.1) is 5.02 Å². The lowest BCUT2D eigenvalue weighted by Crippen LogP contribution is -2.41. The zero-order valence-electron chi connectivity index (χ0n) is 12.9. The van der Waals surface area contributed by atoms with E-state index >= 15 is 0 Å². The predicted octanol–water partition coefficient (Wildman–Crippen LogP) is 4.77. The molecule has 2 aromatic rings. The van der Waals surface area contributed by atoms with Crippen LogP contribution in [-0.4, -0.2) is 28.1 Å². The number of hydrogen-bond acceptors (Lipinski definition) is 3. The van der Waals surface area contributed by atoms with Gasteiger partial charge in [-0.15, -0.1) is 11.3 Å². The summed E-state index contributed by atoms with van der Waals surface area (Å²) in [5, 5.41) is 11.5. The molecule has 0 spiro atoms. The molecule has 3 atom stereocenters. The molecule has 122 valence electrons. The summed E-state index contributed by atoms with van der Waals surface area (Å²) in [6.07, 6.45) is 5.54. The lowest BCUT2D eigenvalue weighted by atomic mass is 9.85. The van der Waals surface area contributed by atoms with Crippen LogP contribution in [0.2, 0.25) is 5.02 Å². The van der Waals surface area contributed by atoms with Crippen molar-refractivity contribution in [2.45, 2.75) is 50.7 Å². The molecule has 3 nitrogen and oxygen atoms in total. The molecule has 0 amide bonds. The first kappa shape index (κ1) is 15.4. The highest BCUT2D eigenvalue weighted by Crippen LogP contribution is 2.43. The third kappa shape index (κ3) is 2.67. The van der Waals surface area contributed by atoms with Crippen LogP contribution < -0.4 is 0 Å². The summed E-state index contributed by atoms with van der Waals surface area (Å²) in [5.74, 6) is -0.144. The summed E-state index contributed by atoms with van der Waals surface area (Å²) in [7, 11) is 0. The lowest BCUT2D eigenvalue weighted by Gasteiger charge is -2.32. The maximum absolute atomic E-state index is 11.7. The van der Waals surface area contributed by atoms with Crippen molar-refractivity contribution in [3.05, 3.63) is 34.2 Å².